The molecule has 0 radical (unpaired) electrons. The highest BCUT2D eigenvalue weighted by Gasteiger charge is 2.21. The van der Waals surface area contributed by atoms with Gasteiger partial charge in [0.05, 0.1) is 23.9 Å². The van der Waals surface area contributed by atoms with Gasteiger partial charge in [-0.3, -0.25) is 0 Å². The van der Waals surface area contributed by atoms with E-state index in [1.54, 1.807) is 6.92 Å². The van der Waals surface area contributed by atoms with E-state index in [9.17, 15) is 8.42 Å². The molecule has 1 N–H and O–H groups in total. The summed E-state index contributed by atoms with van der Waals surface area (Å²) in [7, 11) is -1.95. The van der Waals surface area contributed by atoms with Crippen molar-refractivity contribution in [2.45, 2.75) is 17.2 Å². The van der Waals surface area contributed by atoms with E-state index in [-0.39, 0.29) is 10.3 Å². The van der Waals surface area contributed by atoms with E-state index in [2.05, 4.69) is 25.6 Å². The molecule has 0 aliphatic heterocycles. The Morgan fingerprint density at radius 3 is 2.81 bits per heavy atom. The predicted octanol–water partition coefficient (Wildman–Crippen LogP) is 1.14. The van der Waals surface area contributed by atoms with Crippen molar-refractivity contribution >= 4 is 37.3 Å². The van der Waals surface area contributed by atoms with E-state index in [1.165, 1.54) is 13.3 Å². The second-order valence-corrected chi connectivity index (χ2v) is 6.95. The van der Waals surface area contributed by atoms with Gasteiger partial charge in [-0.25, -0.2) is 18.1 Å². The minimum Gasteiger partial charge on any atom is -0.383 e. The molecule has 1 heterocycles. The number of rotatable bonds is 6. The summed E-state index contributed by atoms with van der Waals surface area (Å²) in [5.74, 6) is 0. The van der Waals surface area contributed by atoms with Crippen molar-refractivity contribution in [2.75, 3.05) is 19.0 Å². The van der Waals surface area contributed by atoms with Crippen LogP contribution in [0.2, 0.25) is 0 Å². The van der Waals surface area contributed by atoms with Gasteiger partial charge in [0.2, 0.25) is 0 Å². The van der Waals surface area contributed by atoms with E-state index in [0.29, 0.717) is 11.9 Å². The first-order valence-electron chi connectivity index (χ1n) is 4.49. The number of aryl methyl sites for hydroxylation is 1. The lowest BCUT2D eigenvalue weighted by Crippen LogP contribution is -2.38. The molecule has 1 aromatic heterocycles. The first-order valence-corrected chi connectivity index (χ1v) is 7.91. The van der Waals surface area contributed by atoms with Crippen LogP contribution >= 0.6 is 27.3 Å². The van der Waals surface area contributed by atoms with Crippen molar-refractivity contribution in [2.24, 2.45) is 0 Å². The van der Waals surface area contributed by atoms with Crippen molar-refractivity contribution in [1.29, 1.82) is 0 Å². The molecule has 0 aliphatic rings. The van der Waals surface area contributed by atoms with E-state index >= 15 is 0 Å². The molecule has 92 valence electrons. The Labute approximate surface area is 107 Å². The minimum absolute atomic E-state index is 0.229. The summed E-state index contributed by atoms with van der Waals surface area (Å²) in [5, 5.41) is 1.22. The van der Waals surface area contributed by atoms with Gasteiger partial charge in [-0.1, -0.05) is 15.9 Å². The summed E-state index contributed by atoms with van der Waals surface area (Å²) >= 11 is 4.38. The number of hydrogen-bond donors (Lipinski definition) is 1. The quantitative estimate of drug-likeness (QED) is 0.795. The van der Waals surface area contributed by atoms with Crippen LogP contribution in [0.3, 0.4) is 0 Å². The smallest absolute Gasteiger partial charge is 0.252 e. The molecular formula is C8H13BrN2O3S2. The first-order chi connectivity index (χ1) is 7.49. The molecular weight excluding hydrogens is 316 g/mol. The SMILES string of the molecule is COCC(CBr)NS(=O)(=O)c1cnc(C)s1. The highest BCUT2D eigenvalue weighted by molar-refractivity contribution is 9.09. The number of hydrogen-bond acceptors (Lipinski definition) is 5. The molecule has 8 heteroatoms. The molecule has 1 aromatic rings. The van der Waals surface area contributed by atoms with Crippen LogP contribution in [0.4, 0.5) is 0 Å². The van der Waals surface area contributed by atoms with E-state index in [1.807, 2.05) is 0 Å². The third-order valence-electron chi connectivity index (χ3n) is 1.74. The summed E-state index contributed by atoms with van der Waals surface area (Å²) in [4.78, 5) is 3.92. The van der Waals surface area contributed by atoms with Gasteiger partial charge in [-0.15, -0.1) is 11.3 Å². The van der Waals surface area contributed by atoms with Crippen molar-refractivity contribution in [3.05, 3.63) is 11.2 Å². The molecule has 1 atom stereocenters. The molecule has 0 amide bonds. The molecule has 0 spiro atoms. The normalized spacial score (nSPS) is 13.9. The first kappa shape index (κ1) is 14.0. The van der Waals surface area contributed by atoms with Crippen LogP contribution < -0.4 is 4.72 Å². The van der Waals surface area contributed by atoms with Crippen LogP contribution in [0.15, 0.2) is 10.4 Å². The Bertz CT molecular complexity index is 432. The van der Waals surface area contributed by atoms with Crippen LogP contribution in [-0.2, 0) is 14.8 Å². The average Bonchev–Trinajstić information content (AvgIpc) is 2.64. The van der Waals surface area contributed by atoms with E-state index < -0.39 is 10.0 Å². The monoisotopic (exact) mass is 328 g/mol. The highest BCUT2D eigenvalue weighted by atomic mass is 79.9. The van der Waals surface area contributed by atoms with Crippen molar-refractivity contribution in [3.63, 3.8) is 0 Å². The third-order valence-corrected chi connectivity index (χ3v) is 5.42. The largest absolute Gasteiger partial charge is 0.383 e. The summed E-state index contributed by atoms with van der Waals surface area (Å²) in [6.45, 7) is 2.09. The van der Waals surface area contributed by atoms with Gasteiger partial charge in [0, 0.05) is 12.4 Å². The van der Waals surface area contributed by atoms with Crippen LogP contribution in [0, 0.1) is 6.92 Å². The third kappa shape index (κ3) is 3.77. The predicted molar refractivity (Wildman–Crippen MR) is 66.6 cm³/mol. The Balaban J connectivity index is 2.78. The second-order valence-electron chi connectivity index (χ2n) is 3.13. The van der Waals surface area contributed by atoms with Gasteiger partial charge in [0.15, 0.2) is 4.21 Å². The zero-order chi connectivity index (χ0) is 12.2. The number of alkyl halides is 1. The molecule has 0 bridgehead atoms. The number of nitrogens with one attached hydrogen (secondary N) is 1. The average molecular weight is 329 g/mol. The lowest BCUT2D eigenvalue weighted by Gasteiger charge is -2.14. The number of ether oxygens (including phenoxy) is 1. The van der Waals surface area contributed by atoms with Gasteiger partial charge >= 0.3 is 0 Å². The minimum atomic E-state index is -3.48. The van der Waals surface area contributed by atoms with E-state index in [0.717, 1.165) is 16.3 Å². The van der Waals surface area contributed by atoms with Gasteiger partial charge < -0.3 is 4.74 Å². The number of methoxy groups -OCH3 is 1. The molecule has 0 aliphatic carbocycles. The lowest BCUT2D eigenvalue weighted by atomic mass is 10.4. The maximum atomic E-state index is 11.9. The van der Waals surface area contributed by atoms with Crippen molar-refractivity contribution in [1.82, 2.24) is 9.71 Å². The molecule has 16 heavy (non-hydrogen) atoms. The van der Waals surface area contributed by atoms with Gasteiger partial charge in [0.1, 0.15) is 0 Å². The Morgan fingerprint density at radius 1 is 1.69 bits per heavy atom. The number of sulfonamides is 1. The summed E-state index contributed by atoms with van der Waals surface area (Å²) < 4.78 is 31.4. The van der Waals surface area contributed by atoms with Gasteiger partial charge in [0.25, 0.3) is 10.0 Å². The van der Waals surface area contributed by atoms with Crippen LogP contribution in [-0.4, -0.2) is 38.5 Å². The van der Waals surface area contributed by atoms with E-state index in [4.69, 9.17) is 4.74 Å². The fourth-order valence-electron chi connectivity index (χ4n) is 1.05. The lowest BCUT2D eigenvalue weighted by molar-refractivity contribution is 0.182. The Hall–Kier alpha value is -0.0200. The molecule has 0 saturated carbocycles. The van der Waals surface area contributed by atoms with Gasteiger partial charge in [-0.05, 0) is 6.92 Å². The number of thiazole rings is 1. The highest BCUT2D eigenvalue weighted by Crippen LogP contribution is 2.17. The number of halogens is 1. The van der Waals surface area contributed by atoms with Crippen LogP contribution in [0.5, 0.6) is 0 Å². The number of nitrogens with zero attached hydrogens (tertiary/aromatic N) is 1. The van der Waals surface area contributed by atoms with Crippen molar-refractivity contribution in [3.8, 4) is 0 Å². The molecule has 0 saturated heterocycles. The van der Waals surface area contributed by atoms with Crippen molar-refractivity contribution < 1.29 is 13.2 Å². The summed E-state index contributed by atoms with van der Waals surface area (Å²) in [6, 6.07) is -0.280. The molecule has 0 fully saturated rings. The fourth-order valence-corrected chi connectivity index (χ4v) is 3.96. The second kappa shape index (κ2) is 6.06. The summed E-state index contributed by atoms with van der Waals surface area (Å²) in [6.07, 6.45) is 1.36. The molecule has 1 unspecified atom stereocenters. The zero-order valence-corrected chi connectivity index (χ0v) is 12.2. The zero-order valence-electron chi connectivity index (χ0n) is 8.94. The fraction of sp³-hybridized carbons (Fsp3) is 0.625. The standard InChI is InChI=1S/C8H13BrN2O3S2/c1-6-10-4-8(15-6)16(12,13)11-7(3-9)5-14-2/h4,7,11H,3,5H2,1-2H3. The Morgan fingerprint density at radius 2 is 2.38 bits per heavy atom. The molecule has 5 nitrogen and oxygen atoms in total. The maximum Gasteiger partial charge on any atom is 0.252 e. The van der Waals surface area contributed by atoms with Gasteiger partial charge in [-0.2, -0.15) is 0 Å². The number of aromatic nitrogens is 1. The maximum absolute atomic E-state index is 11.9. The van der Waals surface area contributed by atoms with Crippen LogP contribution in [0.1, 0.15) is 5.01 Å². The topological polar surface area (TPSA) is 68.3 Å². The van der Waals surface area contributed by atoms with Crippen LogP contribution in [0.25, 0.3) is 0 Å². The summed E-state index contributed by atoms with van der Waals surface area (Å²) in [5.41, 5.74) is 0. The Kier molecular flexibility index (Phi) is 5.32. The molecule has 1 rings (SSSR count). The molecule has 0 aromatic carbocycles.